The molecule has 2 aliphatic heterocycles. The van der Waals surface area contributed by atoms with E-state index in [2.05, 4.69) is 26.7 Å². The molecule has 1 fully saturated rings. The van der Waals surface area contributed by atoms with Gasteiger partial charge in [-0.3, -0.25) is 14.6 Å². The van der Waals surface area contributed by atoms with Crippen LogP contribution >= 0.6 is 0 Å². The van der Waals surface area contributed by atoms with E-state index in [1.165, 1.54) is 6.26 Å². The third-order valence-electron chi connectivity index (χ3n) is 5.67. The third kappa shape index (κ3) is 5.87. The van der Waals surface area contributed by atoms with Gasteiger partial charge in [0.25, 0.3) is 5.91 Å². The van der Waals surface area contributed by atoms with Crippen LogP contribution in [0, 0.1) is 0 Å². The molecule has 2 aromatic rings. The van der Waals surface area contributed by atoms with Crippen LogP contribution in [0.2, 0.25) is 0 Å². The topological polar surface area (TPSA) is 100 Å². The molecule has 172 valence electrons. The molecule has 2 aliphatic rings. The molecule has 0 radical (unpaired) electrons. The molecule has 1 aromatic carbocycles. The van der Waals surface area contributed by atoms with Crippen molar-refractivity contribution in [2.75, 3.05) is 39.5 Å². The molecule has 1 unspecified atom stereocenters. The number of amides is 1. The van der Waals surface area contributed by atoms with Gasteiger partial charge < -0.3 is 24.3 Å². The number of carbonyl (C=O) groups excluding carboxylic acids is 1. The van der Waals surface area contributed by atoms with Gasteiger partial charge in [0.1, 0.15) is 6.26 Å². The summed E-state index contributed by atoms with van der Waals surface area (Å²) in [4.78, 5) is 21.3. The average molecular weight is 443 g/mol. The summed E-state index contributed by atoms with van der Waals surface area (Å²) in [7, 11) is 0. The normalized spacial score (nSPS) is 17.3. The van der Waals surface area contributed by atoms with Crippen LogP contribution in [0.5, 0.6) is 11.5 Å². The Hall–Kier alpha value is -2.88. The zero-order valence-corrected chi connectivity index (χ0v) is 18.2. The van der Waals surface area contributed by atoms with Gasteiger partial charge in [0.2, 0.25) is 12.7 Å². The lowest BCUT2D eigenvalue weighted by Gasteiger charge is -2.34. The fourth-order valence-corrected chi connectivity index (χ4v) is 3.83. The third-order valence-corrected chi connectivity index (χ3v) is 5.67. The summed E-state index contributed by atoms with van der Waals surface area (Å²) in [6, 6.07) is 5.58. The van der Waals surface area contributed by atoms with E-state index in [-0.39, 0.29) is 24.5 Å². The number of hydrogen-bond acceptors (Lipinski definition) is 8. The molecule has 9 nitrogen and oxygen atoms in total. The highest BCUT2D eigenvalue weighted by Gasteiger charge is 2.21. The smallest absolute Gasteiger partial charge is 0.273 e. The Balaban J connectivity index is 1.20. The van der Waals surface area contributed by atoms with Crippen LogP contribution in [0.1, 0.15) is 34.8 Å². The van der Waals surface area contributed by atoms with Crippen molar-refractivity contribution < 1.29 is 23.8 Å². The van der Waals surface area contributed by atoms with E-state index in [1.807, 2.05) is 24.3 Å². The Kier molecular flexibility index (Phi) is 7.41. The molecule has 1 amide bonds. The minimum Gasteiger partial charge on any atom is -0.454 e. The van der Waals surface area contributed by atoms with Crippen LogP contribution in [0.3, 0.4) is 0 Å². The van der Waals surface area contributed by atoms with Gasteiger partial charge in [0.15, 0.2) is 17.2 Å². The molecule has 3 heterocycles. The molecular weight excluding hydrogens is 412 g/mol. The summed E-state index contributed by atoms with van der Waals surface area (Å²) in [5, 5.41) is 12.9. The first-order chi connectivity index (χ1) is 15.6. The lowest BCUT2D eigenvalue weighted by molar-refractivity contribution is 0.0642. The number of oxazole rings is 1. The van der Waals surface area contributed by atoms with Crippen LogP contribution in [0.15, 0.2) is 41.5 Å². The van der Waals surface area contributed by atoms with E-state index < -0.39 is 0 Å². The first-order valence-corrected chi connectivity index (χ1v) is 11.0. The van der Waals surface area contributed by atoms with Crippen molar-refractivity contribution in [1.29, 1.82) is 0 Å². The maximum absolute atomic E-state index is 12.4. The van der Waals surface area contributed by atoms with Crippen LogP contribution in [0.25, 0.3) is 0 Å². The average Bonchev–Trinajstić information content (AvgIpc) is 3.46. The van der Waals surface area contributed by atoms with Crippen molar-refractivity contribution in [2.24, 2.45) is 0 Å². The van der Waals surface area contributed by atoms with E-state index >= 15 is 0 Å². The predicted octanol–water partition coefficient (Wildman–Crippen LogP) is 1.78. The van der Waals surface area contributed by atoms with Gasteiger partial charge in [0.05, 0.1) is 12.6 Å². The number of aliphatic hydroxyl groups excluding tert-OH is 1. The molecule has 9 heteroatoms. The monoisotopic (exact) mass is 442 g/mol. The maximum Gasteiger partial charge on any atom is 0.273 e. The van der Waals surface area contributed by atoms with E-state index in [1.54, 1.807) is 0 Å². The highest BCUT2D eigenvalue weighted by atomic mass is 16.7. The van der Waals surface area contributed by atoms with Gasteiger partial charge in [-0.05, 0) is 30.5 Å². The minimum atomic E-state index is -0.315. The van der Waals surface area contributed by atoms with Gasteiger partial charge in [-0.15, -0.1) is 6.58 Å². The Labute approximate surface area is 187 Å². The number of ether oxygens (including phenoxy) is 2. The number of rotatable bonds is 10. The second-order valence-electron chi connectivity index (χ2n) is 8.09. The van der Waals surface area contributed by atoms with Crippen molar-refractivity contribution in [1.82, 2.24) is 20.1 Å². The number of nitrogens with one attached hydrogen (secondary N) is 1. The molecule has 32 heavy (non-hydrogen) atoms. The molecular formula is C23H30N4O5. The number of hydrogen-bond donors (Lipinski definition) is 2. The number of carbonyl (C=O) groups is 1. The number of aromatic nitrogens is 1. The number of piperazine rings is 1. The van der Waals surface area contributed by atoms with Gasteiger partial charge >= 0.3 is 0 Å². The highest BCUT2D eigenvalue weighted by molar-refractivity contribution is 5.91. The summed E-state index contributed by atoms with van der Waals surface area (Å²) in [5.74, 6) is 1.64. The van der Waals surface area contributed by atoms with E-state index in [9.17, 15) is 9.90 Å². The highest BCUT2D eigenvalue weighted by Crippen LogP contribution is 2.32. The first kappa shape index (κ1) is 22.3. The van der Waals surface area contributed by atoms with Crippen molar-refractivity contribution in [3.63, 3.8) is 0 Å². The number of benzene rings is 1. The summed E-state index contributed by atoms with van der Waals surface area (Å²) in [6.07, 6.45) is 4.50. The van der Waals surface area contributed by atoms with Gasteiger partial charge in [-0.2, -0.15) is 0 Å². The van der Waals surface area contributed by atoms with Crippen molar-refractivity contribution in [2.45, 2.75) is 32.0 Å². The first-order valence-electron chi connectivity index (χ1n) is 11.0. The minimum absolute atomic E-state index is 0.222. The van der Waals surface area contributed by atoms with Crippen molar-refractivity contribution in [3.05, 3.63) is 54.3 Å². The number of aliphatic hydroxyl groups is 1. The summed E-state index contributed by atoms with van der Waals surface area (Å²) < 4.78 is 16.2. The molecule has 0 bridgehead atoms. The number of nitrogens with zero attached hydrogens (tertiary/aromatic N) is 3. The summed E-state index contributed by atoms with van der Waals surface area (Å²) >= 11 is 0. The molecule has 4 rings (SSSR count). The zero-order valence-electron chi connectivity index (χ0n) is 18.2. The molecule has 1 aromatic heterocycles. The largest absolute Gasteiger partial charge is 0.454 e. The second-order valence-corrected chi connectivity index (χ2v) is 8.09. The molecule has 1 saturated heterocycles. The molecule has 0 saturated carbocycles. The Bertz CT molecular complexity index is 923. The quantitative estimate of drug-likeness (QED) is 0.537. The predicted molar refractivity (Wildman–Crippen MR) is 117 cm³/mol. The van der Waals surface area contributed by atoms with Crippen LogP contribution in [-0.4, -0.2) is 71.4 Å². The van der Waals surface area contributed by atoms with E-state index in [0.29, 0.717) is 37.0 Å². The van der Waals surface area contributed by atoms with E-state index in [0.717, 1.165) is 44.6 Å². The molecule has 0 spiro atoms. The van der Waals surface area contributed by atoms with Crippen LogP contribution in [0.4, 0.5) is 0 Å². The molecule has 1 atom stereocenters. The SMILES string of the molecule is C=CCCC(O)CN1CCN(Cc2nc(C(=O)NCc3ccc4c(c3)OCO4)co2)CC1. The lowest BCUT2D eigenvalue weighted by atomic mass is 10.1. The van der Waals surface area contributed by atoms with E-state index in [4.69, 9.17) is 13.9 Å². The number of fused-ring (bicyclic) bond motifs is 1. The Morgan fingerprint density at radius 3 is 2.81 bits per heavy atom. The second kappa shape index (κ2) is 10.6. The number of allylic oxidation sites excluding steroid dienone is 1. The maximum atomic E-state index is 12.4. The lowest BCUT2D eigenvalue weighted by Crippen LogP contribution is -2.48. The molecule has 0 aliphatic carbocycles. The van der Waals surface area contributed by atoms with Gasteiger partial charge in [-0.1, -0.05) is 12.1 Å². The summed E-state index contributed by atoms with van der Waals surface area (Å²) in [5.41, 5.74) is 1.18. The standard InChI is InChI=1S/C23H30N4O5/c1-2-3-4-18(28)13-26-7-9-27(10-8-26)14-22-25-19(15-30-22)23(29)24-12-17-5-6-20-21(11-17)32-16-31-20/h2,5-6,11,15,18,28H,1,3-4,7-10,12-14,16H2,(H,24,29). The number of β-amino-alcohol motifs (C(OH)–C–C–N with tert-alkyl or cyclic N) is 1. The fraction of sp³-hybridized carbons (Fsp3) is 0.478. The zero-order chi connectivity index (χ0) is 22.3. The fourth-order valence-electron chi connectivity index (χ4n) is 3.83. The summed E-state index contributed by atoms with van der Waals surface area (Å²) in [6.45, 7) is 9.02. The van der Waals surface area contributed by atoms with Crippen LogP contribution in [-0.2, 0) is 13.1 Å². The van der Waals surface area contributed by atoms with Gasteiger partial charge in [-0.25, -0.2) is 4.98 Å². The Morgan fingerprint density at radius 2 is 2.00 bits per heavy atom. The van der Waals surface area contributed by atoms with Crippen LogP contribution < -0.4 is 14.8 Å². The van der Waals surface area contributed by atoms with Crippen molar-refractivity contribution >= 4 is 5.91 Å². The Morgan fingerprint density at radius 1 is 1.22 bits per heavy atom. The van der Waals surface area contributed by atoms with Crippen molar-refractivity contribution in [3.8, 4) is 11.5 Å². The van der Waals surface area contributed by atoms with Gasteiger partial charge in [0, 0.05) is 39.3 Å². The molecule has 2 N–H and O–H groups in total.